The van der Waals surface area contributed by atoms with E-state index in [1.54, 1.807) is 4.90 Å². The SMILES string of the molecule is C=C1Sc2c(N3CCCC3)nc(N)nc2N1[C@@H]1O[C@H](CO)[C@@H](O)[C@H]1O. The second-order valence-corrected chi connectivity index (χ2v) is 7.43. The van der Waals surface area contributed by atoms with Gasteiger partial charge in [0.15, 0.2) is 17.9 Å². The number of hydrogen-bond acceptors (Lipinski definition) is 10. The summed E-state index contributed by atoms with van der Waals surface area (Å²) in [5.41, 5.74) is 5.91. The van der Waals surface area contributed by atoms with E-state index >= 15 is 0 Å². The summed E-state index contributed by atoms with van der Waals surface area (Å²) in [5.74, 6) is 1.41. The predicted molar refractivity (Wildman–Crippen MR) is 93.1 cm³/mol. The van der Waals surface area contributed by atoms with Crippen LogP contribution in [0, 0.1) is 0 Å². The van der Waals surface area contributed by atoms with Gasteiger partial charge in [0.1, 0.15) is 18.3 Å². The molecule has 0 spiro atoms. The number of ether oxygens (including phenoxy) is 1. The molecular weight excluding hydrogens is 346 g/mol. The molecule has 4 atom stereocenters. The van der Waals surface area contributed by atoms with Gasteiger partial charge in [-0.05, 0) is 12.8 Å². The third-order valence-electron chi connectivity index (χ3n) is 4.74. The lowest BCUT2D eigenvalue weighted by Gasteiger charge is -2.28. The first-order chi connectivity index (χ1) is 12.0. The third-order valence-corrected chi connectivity index (χ3v) is 5.74. The van der Waals surface area contributed by atoms with Crippen molar-refractivity contribution in [2.45, 2.75) is 42.3 Å². The highest BCUT2D eigenvalue weighted by Gasteiger charge is 2.49. The summed E-state index contributed by atoms with van der Waals surface area (Å²) < 4.78 is 5.64. The van der Waals surface area contributed by atoms with Crippen LogP contribution in [0.15, 0.2) is 16.5 Å². The summed E-state index contributed by atoms with van der Waals surface area (Å²) in [4.78, 5) is 13.3. The summed E-state index contributed by atoms with van der Waals surface area (Å²) in [7, 11) is 0. The molecule has 0 bridgehead atoms. The maximum Gasteiger partial charge on any atom is 0.224 e. The largest absolute Gasteiger partial charge is 0.394 e. The van der Waals surface area contributed by atoms with E-state index < -0.39 is 24.5 Å². The Hall–Kier alpha value is -1.59. The molecule has 0 aliphatic carbocycles. The number of thioether (sulfide) groups is 1. The van der Waals surface area contributed by atoms with Crippen molar-refractivity contribution in [3.63, 3.8) is 0 Å². The fraction of sp³-hybridized carbons (Fsp3) is 0.600. The van der Waals surface area contributed by atoms with Crippen molar-refractivity contribution in [2.24, 2.45) is 0 Å². The van der Waals surface area contributed by atoms with E-state index in [4.69, 9.17) is 10.5 Å². The van der Waals surface area contributed by atoms with Crippen LogP contribution in [0.3, 0.4) is 0 Å². The molecule has 0 aromatic carbocycles. The van der Waals surface area contributed by atoms with E-state index in [9.17, 15) is 15.3 Å². The first kappa shape index (κ1) is 16.9. The van der Waals surface area contributed by atoms with E-state index in [2.05, 4.69) is 21.4 Å². The van der Waals surface area contributed by atoms with Crippen LogP contribution in [0.1, 0.15) is 12.8 Å². The second kappa shape index (κ2) is 6.29. The lowest BCUT2D eigenvalue weighted by Crippen LogP contribution is -2.42. The number of anilines is 3. The van der Waals surface area contributed by atoms with Gasteiger partial charge in [-0.3, -0.25) is 4.90 Å². The van der Waals surface area contributed by atoms with E-state index in [1.807, 2.05) is 0 Å². The van der Waals surface area contributed by atoms with Crippen molar-refractivity contribution in [3.05, 3.63) is 11.6 Å². The number of nitrogen functional groups attached to an aromatic ring is 1. The zero-order chi connectivity index (χ0) is 17.7. The second-order valence-electron chi connectivity index (χ2n) is 6.35. The Balaban J connectivity index is 1.73. The molecular formula is C15H21N5O4S. The van der Waals surface area contributed by atoms with Crippen molar-refractivity contribution >= 4 is 29.3 Å². The predicted octanol–water partition coefficient (Wildman–Crippen LogP) is -0.519. The molecule has 10 heteroatoms. The summed E-state index contributed by atoms with van der Waals surface area (Å²) in [5, 5.41) is 30.3. The van der Waals surface area contributed by atoms with Crippen LogP contribution in [0.5, 0.6) is 0 Å². The third kappa shape index (κ3) is 2.64. The summed E-state index contributed by atoms with van der Waals surface area (Å²) in [6, 6.07) is 0. The Morgan fingerprint density at radius 2 is 1.88 bits per heavy atom. The summed E-state index contributed by atoms with van der Waals surface area (Å²) >= 11 is 1.39. The topological polar surface area (TPSA) is 128 Å². The molecule has 0 saturated carbocycles. The van der Waals surface area contributed by atoms with E-state index in [0.717, 1.165) is 36.6 Å². The molecule has 136 valence electrons. The first-order valence-corrected chi connectivity index (χ1v) is 9.04. The number of rotatable bonds is 3. The van der Waals surface area contributed by atoms with Gasteiger partial charge in [0.25, 0.3) is 0 Å². The van der Waals surface area contributed by atoms with Crippen molar-refractivity contribution in [1.29, 1.82) is 0 Å². The fourth-order valence-corrected chi connectivity index (χ4v) is 4.51. The number of hydrogen-bond donors (Lipinski definition) is 4. The van der Waals surface area contributed by atoms with Crippen LogP contribution in [-0.4, -0.2) is 69.5 Å². The number of nitrogens with two attached hydrogens (primary N) is 1. The van der Waals surface area contributed by atoms with Crippen molar-refractivity contribution in [3.8, 4) is 0 Å². The van der Waals surface area contributed by atoms with Gasteiger partial charge >= 0.3 is 0 Å². The molecule has 3 aliphatic rings. The smallest absolute Gasteiger partial charge is 0.224 e. The van der Waals surface area contributed by atoms with Crippen molar-refractivity contribution in [1.82, 2.24) is 9.97 Å². The molecule has 3 aliphatic heterocycles. The number of aliphatic hydroxyl groups is 3. The van der Waals surface area contributed by atoms with Crippen molar-refractivity contribution < 1.29 is 20.1 Å². The van der Waals surface area contributed by atoms with Gasteiger partial charge in [-0.2, -0.15) is 9.97 Å². The standard InChI is InChI=1S/C15H21N5O4S/c1-7-20(14-10(23)9(22)8(6-21)24-14)13-11(25-7)12(17-15(16)18-13)19-4-2-3-5-19/h8-10,14,21-23H,1-6H2,(H2,16,17,18)/t8-,9-,10-,14-/m1/s1. The molecule has 5 N–H and O–H groups in total. The number of aromatic nitrogens is 2. The van der Waals surface area contributed by atoms with Crippen LogP contribution in [0.2, 0.25) is 0 Å². The first-order valence-electron chi connectivity index (χ1n) is 8.22. The molecule has 0 amide bonds. The van der Waals surface area contributed by atoms with Crippen LogP contribution in [0.4, 0.5) is 17.6 Å². The number of aliphatic hydroxyl groups excluding tert-OH is 3. The lowest BCUT2D eigenvalue weighted by atomic mass is 10.1. The zero-order valence-electron chi connectivity index (χ0n) is 13.6. The normalized spacial score (nSPS) is 31.9. The van der Waals surface area contributed by atoms with E-state index in [0.29, 0.717) is 10.8 Å². The summed E-state index contributed by atoms with van der Waals surface area (Å²) in [6.45, 7) is 5.45. The Morgan fingerprint density at radius 1 is 1.20 bits per heavy atom. The van der Waals surface area contributed by atoms with Gasteiger partial charge in [0.2, 0.25) is 5.95 Å². The van der Waals surface area contributed by atoms with Crippen LogP contribution >= 0.6 is 11.8 Å². The molecule has 4 heterocycles. The maximum atomic E-state index is 10.3. The molecule has 0 unspecified atom stereocenters. The van der Waals surface area contributed by atoms with Gasteiger partial charge in [0.05, 0.1) is 16.5 Å². The minimum Gasteiger partial charge on any atom is -0.394 e. The molecule has 2 fully saturated rings. The molecule has 2 saturated heterocycles. The minimum absolute atomic E-state index is 0.132. The molecule has 25 heavy (non-hydrogen) atoms. The minimum atomic E-state index is -1.20. The van der Waals surface area contributed by atoms with Gasteiger partial charge in [-0.1, -0.05) is 18.3 Å². The number of nitrogens with zero attached hydrogens (tertiary/aromatic N) is 4. The average Bonchev–Trinajstić information content (AvgIpc) is 3.28. The van der Waals surface area contributed by atoms with Gasteiger partial charge in [-0.15, -0.1) is 0 Å². The fourth-order valence-electron chi connectivity index (χ4n) is 3.48. The van der Waals surface area contributed by atoms with Gasteiger partial charge in [0, 0.05) is 13.1 Å². The quantitative estimate of drug-likeness (QED) is 0.554. The molecule has 0 radical (unpaired) electrons. The van der Waals surface area contributed by atoms with Crippen LogP contribution in [-0.2, 0) is 4.74 Å². The Kier molecular flexibility index (Phi) is 4.24. The molecule has 9 nitrogen and oxygen atoms in total. The highest BCUT2D eigenvalue weighted by Crippen LogP contribution is 2.51. The van der Waals surface area contributed by atoms with Crippen LogP contribution < -0.4 is 15.5 Å². The van der Waals surface area contributed by atoms with Crippen molar-refractivity contribution in [2.75, 3.05) is 35.2 Å². The highest BCUT2D eigenvalue weighted by molar-refractivity contribution is 8.03. The number of fused-ring (bicyclic) bond motifs is 1. The molecule has 1 aromatic heterocycles. The van der Waals surface area contributed by atoms with E-state index in [1.165, 1.54) is 11.8 Å². The van der Waals surface area contributed by atoms with Crippen LogP contribution in [0.25, 0.3) is 0 Å². The zero-order valence-corrected chi connectivity index (χ0v) is 14.4. The molecule has 1 aromatic rings. The Morgan fingerprint density at radius 3 is 2.52 bits per heavy atom. The maximum absolute atomic E-state index is 10.3. The average molecular weight is 367 g/mol. The highest BCUT2D eigenvalue weighted by atomic mass is 32.2. The Bertz CT molecular complexity index is 699. The summed E-state index contributed by atoms with van der Waals surface area (Å²) in [6.07, 6.45) is -1.94. The van der Waals surface area contributed by atoms with Gasteiger partial charge < -0.3 is 30.7 Å². The monoisotopic (exact) mass is 367 g/mol. The lowest BCUT2D eigenvalue weighted by molar-refractivity contribution is -0.0205. The van der Waals surface area contributed by atoms with E-state index in [-0.39, 0.29) is 12.6 Å². The van der Waals surface area contributed by atoms with Gasteiger partial charge in [-0.25, -0.2) is 0 Å². The molecule has 4 rings (SSSR count). The Labute approximate surface area is 149 Å².